The molecule has 2 unspecified atom stereocenters. The number of aliphatic hydroxyl groups excluding tert-OH is 1. The predicted molar refractivity (Wildman–Crippen MR) is 63.2 cm³/mol. The zero-order valence-corrected chi connectivity index (χ0v) is 10.8. The molecule has 0 spiro atoms. The number of rotatable bonds is 3. The molecule has 0 saturated carbocycles. The number of aromatic nitrogens is 2. The lowest BCUT2D eigenvalue weighted by Gasteiger charge is -2.27. The smallest absolute Gasteiger partial charge is 0.107 e. The van der Waals surface area contributed by atoms with Gasteiger partial charge in [-0.3, -0.25) is 4.68 Å². The maximum Gasteiger partial charge on any atom is 0.107 e. The molecule has 0 aromatic carbocycles. The van der Waals surface area contributed by atoms with Crippen molar-refractivity contribution in [2.75, 3.05) is 19.8 Å². The van der Waals surface area contributed by atoms with Gasteiger partial charge >= 0.3 is 0 Å². The van der Waals surface area contributed by atoms with Gasteiger partial charge in [0.15, 0.2) is 0 Å². The highest BCUT2D eigenvalue weighted by Crippen LogP contribution is 2.22. The minimum absolute atomic E-state index is 0.282. The Morgan fingerprint density at radius 2 is 2.35 bits per heavy atom. The molecule has 5 nitrogen and oxygen atoms in total. The summed E-state index contributed by atoms with van der Waals surface area (Å²) in [5.41, 5.74) is 1.60. The summed E-state index contributed by atoms with van der Waals surface area (Å²) in [5.74, 6) is 0. The number of aliphatic hydroxyl groups is 1. The van der Waals surface area contributed by atoms with Crippen LogP contribution < -0.4 is 0 Å². The van der Waals surface area contributed by atoms with Gasteiger partial charge in [-0.25, -0.2) is 0 Å². The number of hydrogen-bond acceptors (Lipinski definition) is 4. The molecule has 2 atom stereocenters. The van der Waals surface area contributed by atoms with Gasteiger partial charge in [0, 0.05) is 13.5 Å². The molecule has 1 saturated heterocycles. The first kappa shape index (κ1) is 12.8. The third-order valence-electron chi connectivity index (χ3n) is 2.94. The van der Waals surface area contributed by atoms with Crippen LogP contribution in [0.15, 0.2) is 0 Å². The van der Waals surface area contributed by atoms with Crippen molar-refractivity contribution >= 4 is 11.6 Å². The molecule has 0 aliphatic carbocycles. The van der Waals surface area contributed by atoms with Crippen molar-refractivity contribution < 1.29 is 14.6 Å². The summed E-state index contributed by atoms with van der Waals surface area (Å²) in [7, 11) is 1.82. The van der Waals surface area contributed by atoms with Crippen molar-refractivity contribution in [2.24, 2.45) is 7.05 Å². The molecule has 1 aliphatic heterocycles. The van der Waals surface area contributed by atoms with E-state index in [1.807, 2.05) is 14.0 Å². The van der Waals surface area contributed by atoms with Crippen molar-refractivity contribution in [3.63, 3.8) is 0 Å². The van der Waals surface area contributed by atoms with E-state index >= 15 is 0 Å². The van der Waals surface area contributed by atoms with Crippen LogP contribution in [-0.2, 0) is 22.9 Å². The second-order valence-corrected chi connectivity index (χ2v) is 4.60. The van der Waals surface area contributed by atoms with E-state index in [0.717, 1.165) is 11.4 Å². The standard InChI is InChI=1S/C11H17ClN2O3/c1-7-11(12)8(14(2)13-7)5-9(15)10-6-16-3-4-17-10/h9-10,15H,3-6H2,1-2H3. The van der Waals surface area contributed by atoms with E-state index in [2.05, 4.69) is 5.10 Å². The Bertz CT molecular complexity index is 388. The van der Waals surface area contributed by atoms with Gasteiger partial charge in [-0.1, -0.05) is 11.6 Å². The van der Waals surface area contributed by atoms with Crippen molar-refractivity contribution in [2.45, 2.75) is 25.6 Å². The first-order chi connectivity index (χ1) is 8.09. The average Bonchev–Trinajstić information content (AvgIpc) is 2.57. The highest BCUT2D eigenvalue weighted by molar-refractivity contribution is 6.31. The number of halogens is 1. The SMILES string of the molecule is Cc1nn(C)c(CC(O)C2COCCO2)c1Cl. The van der Waals surface area contributed by atoms with Crippen LogP contribution in [0.5, 0.6) is 0 Å². The fraction of sp³-hybridized carbons (Fsp3) is 0.727. The summed E-state index contributed by atoms with van der Waals surface area (Å²) in [4.78, 5) is 0. The summed E-state index contributed by atoms with van der Waals surface area (Å²) >= 11 is 6.13. The molecule has 2 heterocycles. The van der Waals surface area contributed by atoms with Crippen LogP contribution in [0, 0.1) is 6.92 Å². The van der Waals surface area contributed by atoms with Gasteiger partial charge < -0.3 is 14.6 Å². The van der Waals surface area contributed by atoms with Crippen LogP contribution in [0.2, 0.25) is 5.02 Å². The number of nitrogens with zero attached hydrogens (tertiary/aromatic N) is 2. The molecular formula is C11H17ClN2O3. The van der Waals surface area contributed by atoms with E-state index in [-0.39, 0.29) is 6.10 Å². The van der Waals surface area contributed by atoms with Gasteiger partial charge in [-0.2, -0.15) is 5.10 Å². The summed E-state index contributed by atoms with van der Waals surface area (Å²) in [6, 6.07) is 0. The monoisotopic (exact) mass is 260 g/mol. The number of hydrogen-bond donors (Lipinski definition) is 1. The molecule has 6 heteroatoms. The maximum atomic E-state index is 10.1. The minimum Gasteiger partial charge on any atom is -0.390 e. The summed E-state index contributed by atoms with van der Waals surface area (Å²) in [6.45, 7) is 3.39. The number of aryl methyl sites for hydroxylation is 2. The zero-order valence-electron chi connectivity index (χ0n) is 10.0. The van der Waals surface area contributed by atoms with E-state index < -0.39 is 6.10 Å². The van der Waals surface area contributed by atoms with E-state index in [9.17, 15) is 5.11 Å². The predicted octanol–water partition coefficient (Wildman–Crippen LogP) is 0.701. The Kier molecular flexibility index (Phi) is 4.04. The van der Waals surface area contributed by atoms with Crippen molar-refractivity contribution in [3.05, 3.63) is 16.4 Å². The third kappa shape index (κ3) is 2.80. The first-order valence-electron chi connectivity index (χ1n) is 5.65. The minimum atomic E-state index is -0.623. The van der Waals surface area contributed by atoms with Crippen LogP contribution in [0.3, 0.4) is 0 Å². The zero-order chi connectivity index (χ0) is 12.4. The van der Waals surface area contributed by atoms with E-state index in [4.69, 9.17) is 21.1 Å². The largest absolute Gasteiger partial charge is 0.390 e. The van der Waals surface area contributed by atoms with Crippen molar-refractivity contribution in [3.8, 4) is 0 Å². The Morgan fingerprint density at radius 3 is 2.88 bits per heavy atom. The van der Waals surface area contributed by atoms with Crippen LogP contribution in [0.25, 0.3) is 0 Å². The molecule has 2 rings (SSSR count). The summed E-state index contributed by atoms with van der Waals surface area (Å²) in [5, 5.41) is 14.9. The topological polar surface area (TPSA) is 56.5 Å². The summed E-state index contributed by atoms with van der Waals surface area (Å²) < 4.78 is 12.4. The number of ether oxygens (including phenoxy) is 2. The molecule has 1 aliphatic rings. The van der Waals surface area contributed by atoms with E-state index in [0.29, 0.717) is 31.3 Å². The molecule has 96 valence electrons. The Balaban J connectivity index is 2.04. The lowest BCUT2D eigenvalue weighted by atomic mass is 10.1. The molecule has 0 bridgehead atoms. The molecule has 0 radical (unpaired) electrons. The third-order valence-corrected chi connectivity index (χ3v) is 3.43. The van der Waals surface area contributed by atoms with Gasteiger partial charge in [0.2, 0.25) is 0 Å². The van der Waals surface area contributed by atoms with Crippen molar-refractivity contribution in [1.29, 1.82) is 0 Å². The molecule has 17 heavy (non-hydrogen) atoms. The first-order valence-corrected chi connectivity index (χ1v) is 6.02. The fourth-order valence-corrected chi connectivity index (χ4v) is 2.20. The molecule has 0 amide bonds. The van der Waals surface area contributed by atoms with Gasteiger partial charge in [0.25, 0.3) is 0 Å². The normalized spacial score (nSPS) is 22.7. The van der Waals surface area contributed by atoms with Crippen LogP contribution in [0.4, 0.5) is 0 Å². The highest BCUT2D eigenvalue weighted by Gasteiger charge is 2.25. The van der Waals surface area contributed by atoms with Crippen LogP contribution >= 0.6 is 11.6 Å². The Hall–Kier alpha value is -0.620. The van der Waals surface area contributed by atoms with Gasteiger partial charge in [0.1, 0.15) is 6.10 Å². The van der Waals surface area contributed by atoms with E-state index in [1.165, 1.54) is 0 Å². The average molecular weight is 261 g/mol. The fourth-order valence-electron chi connectivity index (χ4n) is 1.96. The summed E-state index contributed by atoms with van der Waals surface area (Å²) in [6.07, 6.45) is -0.484. The van der Waals surface area contributed by atoms with Gasteiger partial charge in [-0.05, 0) is 6.92 Å². The molecular weight excluding hydrogens is 244 g/mol. The molecule has 1 fully saturated rings. The molecule has 1 aromatic heterocycles. The quantitative estimate of drug-likeness (QED) is 0.869. The second-order valence-electron chi connectivity index (χ2n) is 4.23. The van der Waals surface area contributed by atoms with E-state index in [1.54, 1.807) is 4.68 Å². The molecule has 1 N–H and O–H groups in total. The van der Waals surface area contributed by atoms with Gasteiger partial charge in [-0.15, -0.1) is 0 Å². The highest BCUT2D eigenvalue weighted by atomic mass is 35.5. The Labute approximate surface area is 105 Å². The van der Waals surface area contributed by atoms with Crippen molar-refractivity contribution in [1.82, 2.24) is 9.78 Å². The van der Waals surface area contributed by atoms with Crippen LogP contribution in [0.1, 0.15) is 11.4 Å². The second kappa shape index (κ2) is 5.35. The lowest BCUT2D eigenvalue weighted by Crippen LogP contribution is -2.39. The lowest BCUT2D eigenvalue weighted by molar-refractivity contribution is -0.131. The Morgan fingerprint density at radius 1 is 1.59 bits per heavy atom. The van der Waals surface area contributed by atoms with Gasteiger partial charge in [0.05, 0.1) is 42.3 Å². The molecule has 1 aromatic rings. The maximum absolute atomic E-state index is 10.1. The van der Waals surface area contributed by atoms with Crippen LogP contribution in [-0.4, -0.2) is 46.9 Å².